The second-order valence-electron chi connectivity index (χ2n) is 21.0. The van der Waals surface area contributed by atoms with E-state index in [1.54, 1.807) is 0 Å². The minimum atomic E-state index is -0.142. The normalized spacial score (nSPS) is 15.5. The van der Waals surface area contributed by atoms with Crippen LogP contribution >= 0.6 is 0 Å². The quantitative estimate of drug-likeness (QED) is 0.152. The average Bonchev–Trinajstić information content (AvgIpc) is 3.74. The molecule has 7 aromatic carbocycles. The van der Waals surface area contributed by atoms with Gasteiger partial charge in [-0.05, 0) is 115 Å². The Bertz CT molecular complexity index is 3060. The highest BCUT2D eigenvalue weighted by atomic mass is 15.2. The predicted octanol–water partition coefficient (Wildman–Crippen LogP) is 13.3. The summed E-state index contributed by atoms with van der Waals surface area (Å²) in [5.74, 6) is 0.580. The van der Waals surface area contributed by atoms with Gasteiger partial charge in [0.1, 0.15) is 0 Å². The van der Waals surface area contributed by atoms with Gasteiger partial charge in [0.2, 0.25) is 0 Å². The van der Waals surface area contributed by atoms with Crippen LogP contribution in [0.3, 0.4) is 0 Å². The van der Waals surface area contributed by atoms with Crippen molar-refractivity contribution in [1.29, 1.82) is 0 Å². The number of nitrogens with zero attached hydrogens (tertiary/aromatic N) is 2. The monoisotopic (exact) mass is 804 g/mol. The molecule has 2 nitrogen and oxygen atoms in total. The van der Waals surface area contributed by atoms with Crippen LogP contribution in [0.4, 0.5) is 17.1 Å². The van der Waals surface area contributed by atoms with Crippen LogP contribution in [-0.2, 0) is 22.7 Å². The lowest BCUT2D eigenvalue weighted by atomic mass is 9.33. The topological polar surface area (TPSA) is 8.17 Å². The van der Waals surface area contributed by atoms with Crippen LogP contribution in [0.5, 0.6) is 0 Å². The van der Waals surface area contributed by atoms with Crippen molar-refractivity contribution in [3.63, 3.8) is 0 Å². The Balaban J connectivity index is 1.25. The summed E-state index contributed by atoms with van der Waals surface area (Å²) in [4.78, 5) is 2.64. The molecular weight excluding hydrogens is 747 g/mol. The van der Waals surface area contributed by atoms with Crippen LogP contribution < -0.4 is 21.3 Å². The zero-order valence-electron chi connectivity index (χ0n) is 37.8. The second-order valence-corrected chi connectivity index (χ2v) is 21.0. The number of fused-ring (bicyclic) bond motifs is 9. The van der Waals surface area contributed by atoms with E-state index in [0.29, 0.717) is 5.92 Å². The molecule has 1 unspecified atom stereocenters. The van der Waals surface area contributed by atoms with Crippen molar-refractivity contribution in [3.8, 4) is 16.9 Å². The Morgan fingerprint density at radius 2 is 1.23 bits per heavy atom. The van der Waals surface area contributed by atoms with Gasteiger partial charge in [0.15, 0.2) is 0 Å². The lowest BCUT2D eigenvalue weighted by Gasteiger charge is -2.42. The van der Waals surface area contributed by atoms with Gasteiger partial charge >= 0.3 is 0 Å². The molecule has 3 heteroatoms. The predicted molar refractivity (Wildman–Crippen MR) is 265 cm³/mol. The van der Waals surface area contributed by atoms with Gasteiger partial charge in [0.25, 0.3) is 6.71 Å². The fourth-order valence-electron chi connectivity index (χ4n) is 11.5. The summed E-state index contributed by atoms with van der Waals surface area (Å²) in [6.07, 6.45) is 0.909. The van der Waals surface area contributed by atoms with Crippen LogP contribution in [0.25, 0.3) is 27.8 Å². The Morgan fingerprint density at radius 1 is 0.581 bits per heavy atom. The third-order valence-electron chi connectivity index (χ3n) is 14.8. The Morgan fingerprint density at radius 3 is 1.95 bits per heavy atom. The SMILES string of the molecule is CC(c1ccccc1)[C@@H](Cc1cc2c3c(c1)-n1c4c(c5cccc(c51)B3c1ccc(C(C)(C)C)cc1N2c1cccc(C(C)(C)C)c1)C(C)(C)c1ccccc1-4)c1ccccc1. The molecule has 0 spiro atoms. The summed E-state index contributed by atoms with van der Waals surface area (Å²) < 4.78 is 2.71. The van der Waals surface area contributed by atoms with Crippen LogP contribution in [0, 0.1) is 0 Å². The van der Waals surface area contributed by atoms with E-state index in [-0.39, 0.29) is 28.9 Å². The van der Waals surface area contributed by atoms with E-state index in [0.717, 1.165) is 6.42 Å². The molecule has 0 amide bonds. The van der Waals surface area contributed by atoms with Crippen molar-refractivity contribution < 1.29 is 0 Å². The largest absolute Gasteiger partial charge is 0.311 e. The van der Waals surface area contributed by atoms with Crippen molar-refractivity contribution in [2.24, 2.45) is 0 Å². The first-order valence-electron chi connectivity index (χ1n) is 22.8. The second kappa shape index (κ2) is 13.7. The average molecular weight is 805 g/mol. The van der Waals surface area contributed by atoms with Gasteiger partial charge in [-0.1, -0.05) is 190 Å². The molecule has 1 aromatic heterocycles. The maximum atomic E-state index is 2.71. The van der Waals surface area contributed by atoms with Crippen LogP contribution in [-0.4, -0.2) is 11.3 Å². The number of anilines is 3. The highest BCUT2D eigenvalue weighted by molar-refractivity contribution is 7.00. The lowest BCUT2D eigenvalue weighted by Crippen LogP contribution is -2.60. The van der Waals surface area contributed by atoms with Crippen molar-refractivity contribution in [3.05, 3.63) is 197 Å². The van der Waals surface area contributed by atoms with Gasteiger partial charge in [0, 0.05) is 44.6 Å². The molecule has 306 valence electrons. The minimum absolute atomic E-state index is 0.00138. The van der Waals surface area contributed by atoms with Crippen molar-refractivity contribution >= 4 is 51.1 Å². The van der Waals surface area contributed by atoms with Crippen LogP contribution in [0.15, 0.2) is 158 Å². The molecule has 2 aliphatic heterocycles. The fourth-order valence-corrected chi connectivity index (χ4v) is 11.5. The van der Waals surface area contributed by atoms with E-state index in [2.05, 4.69) is 230 Å². The summed E-state index contributed by atoms with van der Waals surface area (Å²) in [5.41, 5.74) is 22.9. The van der Waals surface area contributed by atoms with E-state index in [9.17, 15) is 0 Å². The number of hydrogen-bond acceptors (Lipinski definition) is 1. The molecule has 0 fully saturated rings. The molecule has 3 heterocycles. The van der Waals surface area contributed by atoms with Crippen molar-refractivity contribution in [1.82, 2.24) is 4.57 Å². The highest BCUT2D eigenvalue weighted by Gasteiger charge is 2.47. The molecule has 62 heavy (non-hydrogen) atoms. The molecule has 11 rings (SSSR count). The van der Waals surface area contributed by atoms with Gasteiger partial charge in [0.05, 0.1) is 5.69 Å². The lowest BCUT2D eigenvalue weighted by molar-refractivity contribution is 0.572. The molecule has 0 bridgehead atoms. The molecular formula is C59H57BN2. The zero-order chi connectivity index (χ0) is 42.9. The van der Waals surface area contributed by atoms with E-state index in [1.165, 1.54) is 100 Å². The third kappa shape index (κ3) is 5.77. The maximum absolute atomic E-state index is 2.71. The molecule has 2 atom stereocenters. The van der Waals surface area contributed by atoms with E-state index in [4.69, 9.17) is 0 Å². The molecule has 1 aliphatic carbocycles. The molecule has 0 N–H and O–H groups in total. The highest BCUT2D eigenvalue weighted by Crippen LogP contribution is 2.55. The summed E-state index contributed by atoms with van der Waals surface area (Å²) in [7, 11) is 0. The molecule has 0 saturated heterocycles. The standard InChI is InChI=1S/C59H57BN2/c1-37(39-20-12-10-13-21-39)46(40-22-14-11-15-23-40)32-38-33-51-54-52(34-38)62-55-45(53-56(62)44-26-16-17-28-47(44)59(53,8)9)27-19-29-49(55)60(54)48-31-30-42(58(5,6)7)36-50(48)61(51)43-25-18-24-41(35-43)57(2,3)4/h10-31,33-37,46H,32H2,1-9H3/t37?,46-/m1/s1. The van der Waals surface area contributed by atoms with E-state index >= 15 is 0 Å². The molecule has 8 aromatic rings. The third-order valence-corrected chi connectivity index (χ3v) is 14.8. The smallest absolute Gasteiger partial charge is 0.252 e. The molecule has 3 aliphatic rings. The van der Waals surface area contributed by atoms with Gasteiger partial charge in [-0.25, -0.2) is 0 Å². The number of aromatic nitrogens is 1. The zero-order valence-corrected chi connectivity index (χ0v) is 37.8. The van der Waals surface area contributed by atoms with Gasteiger partial charge in [-0.15, -0.1) is 0 Å². The van der Waals surface area contributed by atoms with Crippen LogP contribution in [0.2, 0.25) is 0 Å². The minimum Gasteiger partial charge on any atom is -0.311 e. The number of hydrogen-bond donors (Lipinski definition) is 0. The van der Waals surface area contributed by atoms with Gasteiger partial charge < -0.3 is 9.47 Å². The summed E-state index contributed by atoms with van der Waals surface area (Å²) in [6.45, 7) is 21.4. The summed E-state index contributed by atoms with van der Waals surface area (Å²) in [5, 5.41) is 1.38. The maximum Gasteiger partial charge on any atom is 0.252 e. The summed E-state index contributed by atoms with van der Waals surface area (Å²) >= 11 is 0. The fraction of sp³-hybridized carbons (Fsp3) is 0.254. The van der Waals surface area contributed by atoms with Crippen LogP contribution in [0.1, 0.15) is 113 Å². The number of rotatable bonds is 6. The number of benzene rings is 7. The molecule has 0 radical (unpaired) electrons. The number of para-hydroxylation sites is 1. The van der Waals surface area contributed by atoms with Gasteiger partial charge in [-0.2, -0.15) is 0 Å². The Kier molecular flexibility index (Phi) is 8.60. The van der Waals surface area contributed by atoms with Crippen molar-refractivity contribution in [2.75, 3.05) is 4.90 Å². The van der Waals surface area contributed by atoms with E-state index < -0.39 is 0 Å². The van der Waals surface area contributed by atoms with Gasteiger partial charge in [-0.3, -0.25) is 0 Å². The first kappa shape index (κ1) is 38.8. The van der Waals surface area contributed by atoms with Crippen molar-refractivity contribution in [2.45, 2.75) is 96.8 Å². The summed E-state index contributed by atoms with van der Waals surface area (Å²) in [6, 6.07) is 60.7. The Labute approximate surface area is 369 Å². The van der Waals surface area contributed by atoms with E-state index in [1.807, 2.05) is 0 Å². The first-order valence-corrected chi connectivity index (χ1v) is 22.8. The molecule has 0 saturated carbocycles. The Hall–Kier alpha value is -6.06. The first-order chi connectivity index (χ1) is 29.7.